The van der Waals surface area contributed by atoms with Gasteiger partial charge in [-0.25, -0.2) is 4.98 Å². The first-order valence-corrected chi connectivity index (χ1v) is 9.23. The van der Waals surface area contributed by atoms with Crippen LogP contribution in [0.5, 0.6) is 0 Å². The van der Waals surface area contributed by atoms with Crippen LogP contribution in [0.2, 0.25) is 0 Å². The van der Waals surface area contributed by atoms with Gasteiger partial charge in [0.1, 0.15) is 5.76 Å². The van der Waals surface area contributed by atoms with E-state index in [1.165, 1.54) is 4.88 Å². The Labute approximate surface area is 146 Å². The van der Waals surface area contributed by atoms with Crippen LogP contribution in [0, 0.1) is 20.8 Å². The van der Waals surface area contributed by atoms with Crippen molar-refractivity contribution in [1.82, 2.24) is 19.9 Å². The summed E-state index contributed by atoms with van der Waals surface area (Å²) in [5.41, 5.74) is 4.81. The first-order valence-electron chi connectivity index (χ1n) is 8.35. The number of aryl methyl sites for hydroxylation is 3. The lowest BCUT2D eigenvalue weighted by Gasteiger charge is -2.34. The van der Waals surface area contributed by atoms with Gasteiger partial charge in [-0.15, -0.1) is 11.3 Å². The fourth-order valence-electron chi connectivity index (χ4n) is 3.06. The van der Waals surface area contributed by atoms with Gasteiger partial charge in [-0.3, -0.25) is 9.69 Å². The average molecular weight is 348 g/mol. The minimum absolute atomic E-state index is 0.169. The van der Waals surface area contributed by atoms with Crippen LogP contribution in [0.4, 0.5) is 0 Å². The largest absolute Gasteiger partial charge is 0.361 e. The smallest absolute Gasteiger partial charge is 0.227 e. The van der Waals surface area contributed by atoms with E-state index >= 15 is 0 Å². The number of nitrogens with zero attached hydrogens (tertiary/aromatic N) is 4. The predicted octanol–water partition coefficient (Wildman–Crippen LogP) is 1.99. The first kappa shape index (κ1) is 17.1. The van der Waals surface area contributed by atoms with E-state index in [1.54, 1.807) is 11.3 Å². The number of rotatable bonds is 5. The summed E-state index contributed by atoms with van der Waals surface area (Å²) >= 11 is 1.73. The molecular formula is C17H24N4O2S. The second-order valence-electron chi connectivity index (χ2n) is 6.31. The summed E-state index contributed by atoms with van der Waals surface area (Å²) in [6.07, 6.45) is 1.44. The highest BCUT2D eigenvalue weighted by molar-refractivity contribution is 7.09. The van der Waals surface area contributed by atoms with Gasteiger partial charge in [-0.2, -0.15) is 0 Å². The Bertz CT molecular complexity index is 682. The third kappa shape index (κ3) is 3.84. The zero-order valence-electron chi connectivity index (χ0n) is 14.5. The van der Waals surface area contributed by atoms with Crippen LogP contribution in [0.1, 0.15) is 27.6 Å². The maximum Gasteiger partial charge on any atom is 0.227 e. The lowest BCUT2D eigenvalue weighted by molar-refractivity contribution is -0.132. The molecule has 0 N–H and O–H groups in total. The van der Waals surface area contributed by atoms with Crippen molar-refractivity contribution in [2.45, 2.75) is 33.6 Å². The van der Waals surface area contributed by atoms with Crippen molar-refractivity contribution < 1.29 is 9.32 Å². The molecule has 0 spiro atoms. The number of hydrogen-bond donors (Lipinski definition) is 0. The maximum absolute atomic E-state index is 12.5. The Kier molecular flexibility index (Phi) is 5.30. The predicted molar refractivity (Wildman–Crippen MR) is 93.3 cm³/mol. The minimum atomic E-state index is 0.169. The first-order chi connectivity index (χ1) is 11.5. The summed E-state index contributed by atoms with van der Waals surface area (Å²) in [4.78, 5) is 22.6. The highest BCUT2D eigenvalue weighted by Gasteiger charge is 2.23. The highest BCUT2D eigenvalue weighted by Crippen LogP contribution is 2.16. The SMILES string of the molecule is Cc1ncsc1CCN1CCN(C(=O)Cc2c(C)noc2C)CC1. The van der Waals surface area contributed by atoms with Crippen molar-refractivity contribution in [1.29, 1.82) is 0 Å². The normalized spacial score (nSPS) is 15.9. The minimum Gasteiger partial charge on any atom is -0.361 e. The van der Waals surface area contributed by atoms with Crippen molar-refractivity contribution in [2.75, 3.05) is 32.7 Å². The van der Waals surface area contributed by atoms with E-state index in [1.807, 2.05) is 24.3 Å². The van der Waals surface area contributed by atoms with E-state index in [4.69, 9.17) is 4.52 Å². The molecule has 0 aliphatic carbocycles. The highest BCUT2D eigenvalue weighted by atomic mass is 32.1. The third-order valence-electron chi connectivity index (χ3n) is 4.73. The molecule has 7 heteroatoms. The van der Waals surface area contributed by atoms with Gasteiger partial charge in [-0.1, -0.05) is 5.16 Å². The number of carbonyl (C=O) groups excluding carboxylic acids is 1. The molecular weight excluding hydrogens is 324 g/mol. The molecule has 2 aromatic rings. The molecule has 1 amide bonds. The number of piperazine rings is 1. The monoisotopic (exact) mass is 348 g/mol. The Morgan fingerprint density at radius 3 is 2.54 bits per heavy atom. The van der Waals surface area contributed by atoms with Gasteiger partial charge < -0.3 is 9.42 Å². The standard InChI is InChI=1S/C17H24N4O2S/c1-12-15(14(3)23-19-12)10-17(22)21-8-6-20(7-9-21)5-4-16-13(2)18-11-24-16/h11H,4-10H2,1-3H3. The molecule has 6 nitrogen and oxygen atoms in total. The van der Waals surface area contributed by atoms with E-state index in [9.17, 15) is 4.79 Å². The Morgan fingerprint density at radius 2 is 1.96 bits per heavy atom. The Hall–Kier alpha value is -1.73. The van der Waals surface area contributed by atoms with Crippen LogP contribution in [0.3, 0.4) is 0 Å². The lowest BCUT2D eigenvalue weighted by atomic mass is 10.1. The molecule has 130 valence electrons. The zero-order valence-corrected chi connectivity index (χ0v) is 15.4. The molecule has 0 unspecified atom stereocenters. The zero-order chi connectivity index (χ0) is 17.1. The van der Waals surface area contributed by atoms with Crippen molar-refractivity contribution in [3.05, 3.63) is 33.1 Å². The molecule has 0 bridgehead atoms. The summed E-state index contributed by atoms with van der Waals surface area (Å²) in [5, 5.41) is 3.92. The number of carbonyl (C=O) groups is 1. The Balaban J connectivity index is 1.46. The molecule has 24 heavy (non-hydrogen) atoms. The van der Waals surface area contributed by atoms with Crippen LogP contribution in [0.25, 0.3) is 0 Å². The molecule has 0 radical (unpaired) electrons. The van der Waals surface area contributed by atoms with E-state index in [-0.39, 0.29) is 5.91 Å². The summed E-state index contributed by atoms with van der Waals surface area (Å²) in [6.45, 7) is 10.3. The van der Waals surface area contributed by atoms with Gasteiger partial charge in [-0.05, 0) is 27.2 Å². The molecule has 3 rings (SSSR count). The number of thiazole rings is 1. The van der Waals surface area contributed by atoms with Gasteiger partial charge in [0, 0.05) is 43.2 Å². The Morgan fingerprint density at radius 1 is 1.21 bits per heavy atom. The summed E-state index contributed by atoms with van der Waals surface area (Å²) < 4.78 is 5.14. The van der Waals surface area contributed by atoms with E-state index in [2.05, 4.69) is 22.0 Å². The van der Waals surface area contributed by atoms with E-state index in [0.29, 0.717) is 6.42 Å². The molecule has 0 atom stereocenters. The summed E-state index contributed by atoms with van der Waals surface area (Å²) in [5.74, 6) is 0.918. The fraction of sp³-hybridized carbons (Fsp3) is 0.588. The number of hydrogen-bond acceptors (Lipinski definition) is 6. The van der Waals surface area contributed by atoms with Crippen molar-refractivity contribution in [3.8, 4) is 0 Å². The number of aromatic nitrogens is 2. The van der Waals surface area contributed by atoms with Crippen LogP contribution >= 0.6 is 11.3 Å². The molecule has 2 aromatic heterocycles. The van der Waals surface area contributed by atoms with Crippen molar-refractivity contribution in [2.24, 2.45) is 0 Å². The van der Waals surface area contributed by atoms with Crippen molar-refractivity contribution in [3.63, 3.8) is 0 Å². The molecule has 1 aliphatic heterocycles. The van der Waals surface area contributed by atoms with Crippen LogP contribution in [0.15, 0.2) is 10.0 Å². The lowest BCUT2D eigenvalue weighted by Crippen LogP contribution is -2.49. The summed E-state index contributed by atoms with van der Waals surface area (Å²) in [6, 6.07) is 0. The molecule has 0 saturated carbocycles. The van der Waals surface area contributed by atoms with E-state index < -0.39 is 0 Å². The van der Waals surface area contributed by atoms with Crippen LogP contribution < -0.4 is 0 Å². The van der Waals surface area contributed by atoms with Gasteiger partial charge in [0.05, 0.1) is 23.3 Å². The topological polar surface area (TPSA) is 62.5 Å². The quantitative estimate of drug-likeness (QED) is 0.827. The van der Waals surface area contributed by atoms with Gasteiger partial charge in [0.25, 0.3) is 0 Å². The second kappa shape index (κ2) is 7.44. The van der Waals surface area contributed by atoms with Crippen molar-refractivity contribution >= 4 is 17.2 Å². The third-order valence-corrected chi connectivity index (χ3v) is 5.73. The molecule has 1 saturated heterocycles. The van der Waals surface area contributed by atoms with Gasteiger partial charge in [0.2, 0.25) is 5.91 Å². The summed E-state index contributed by atoms with van der Waals surface area (Å²) in [7, 11) is 0. The maximum atomic E-state index is 12.5. The van der Waals surface area contributed by atoms with E-state index in [0.717, 1.165) is 61.9 Å². The van der Waals surface area contributed by atoms with Crippen LogP contribution in [-0.2, 0) is 17.6 Å². The van der Waals surface area contributed by atoms with Gasteiger partial charge in [0.15, 0.2) is 0 Å². The molecule has 3 heterocycles. The molecule has 1 aliphatic rings. The average Bonchev–Trinajstić information content (AvgIpc) is 3.13. The second-order valence-corrected chi connectivity index (χ2v) is 7.25. The molecule has 0 aromatic carbocycles. The molecule has 1 fully saturated rings. The van der Waals surface area contributed by atoms with Crippen LogP contribution in [-0.4, -0.2) is 58.6 Å². The number of amides is 1. The fourth-order valence-corrected chi connectivity index (χ4v) is 3.83. The van der Waals surface area contributed by atoms with Gasteiger partial charge >= 0.3 is 0 Å².